The number of aliphatic hydroxyl groups excluding tert-OH is 1. The van der Waals surface area contributed by atoms with Crippen molar-refractivity contribution in [3.63, 3.8) is 0 Å². The van der Waals surface area contributed by atoms with Crippen molar-refractivity contribution in [1.82, 2.24) is 0 Å². The van der Waals surface area contributed by atoms with Gasteiger partial charge in [0.2, 0.25) is 0 Å². The van der Waals surface area contributed by atoms with Gasteiger partial charge in [0, 0.05) is 0 Å². The summed E-state index contributed by atoms with van der Waals surface area (Å²) in [5.74, 6) is -4.03. The number of carboxylic acid groups (broad SMARTS) is 3. The Hall–Kier alpha value is -4.77. The molecule has 0 heterocycles. The minimum atomic E-state index is -1.18. The van der Waals surface area contributed by atoms with Crippen LogP contribution in [0.2, 0.25) is 0 Å². The molecule has 0 bridgehead atoms. The van der Waals surface area contributed by atoms with Crippen molar-refractivity contribution in [2.45, 2.75) is 107 Å². The molecular formula is C44H77N9O14S2. The molecule has 2 rings (SSSR count). The highest BCUT2D eigenvalue weighted by atomic mass is 32.2. The fourth-order valence-electron chi connectivity index (χ4n) is 4.50. The van der Waals surface area contributed by atoms with Gasteiger partial charge in [0.1, 0.15) is 55.0 Å². The van der Waals surface area contributed by atoms with Gasteiger partial charge in [0.05, 0.1) is 6.61 Å². The second-order valence-corrected chi connectivity index (χ2v) is 16.8. The number of hydrogen-bond acceptors (Lipinski definition) is 22. The van der Waals surface area contributed by atoms with Crippen molar-refractivity contribution in [1.29, 1.82) is 0 Å². The van der Waals surface area contributed by atoms with Gasteiger partial charge < -0.3 is 86.2 Å². The van der Waals surface area contributed by atoms with Crippen LogP contribution < -0.4 is 51.6 Å². The third kappa shape index (κ3) is 38.7. The number of benzene rings is 2. The quantitative estimate of drug-likeness (QED) is 0.0275. The zero-order valence-corrected chi connectivity index (χ0v) is 41.3. The Bertz CT molecular complexity index is 1690. The lowest BCUT2D eigenvalue weighted by atomic mass is 10.1. The number of rotatable bonds is 27. The maximum Gasteiger partial charge on any atom is 0.330 e. The van der Waals surface area contributed by atoms with E-state index in [0.29, 0.717) is 64.5 Å². The molecule has 22 N–H and O–H groups in total. The summed E-state index contributed by atoms with van der Waals surface area (Å²) in [6.45, 7) is 2.04. The van der Waals surface area contributed by atoms with Gasteiger partial charge in [-0.1, -0.05) is 60.7 Å². The number of aliphatic hydroxyl groups is 1. The molecule has 394 valence electrons. The van der Waals surface area contributed by atoms with Crippen LogP contribution in [0.15, 0.2) is 60.7 Å². The van der Waals surface area contributed by atoms with Gasteiger partial charge in [-0.3, -0.25) is 24.0 Å². The van der Waals surface area contributed by atoms with E-state index < -0.39 is 96.8 Å². The number of carboxylic acids is 3. The first-order valence-corrected chi connectivity index (χ1v) is 24.5. The van der Waals surface area contributed by atoms with E-state index in [-0.39, 0.29) is 6.61 Å². The average molecular weight is 1020 g/mol. The molecular weight excluding hydrogens is 943 g/mol. The van der Waals surface area contributed by atoms with E-state index in [0.717, 1.165) is 22.6 Å². The van der Waals surface area contributed by atoms with Gasteiger partial charge in [-0.15, -0.1) is 0 Å². The Kier molecular flexibility index (Phi) is 42.9. The molecule has 0 amide bonds. The molecule has 25 heteroatoms. The number of carbonyl (C=O) groups excluding carboxylic acids is 4. The first kappa shape index (κ1) is 68.5. The molecule has 1 unspecified atom stereocenters. The molecule has 2 aromatic carbocycles. The lowest BCUT2D eigenvalue weighted by Gasteiger charge is -2.18. The fraction of sp³-hybridized carbons (Fsp3) is 0.568. The lowest BCUT2D eigenvalue weighted by Crippen LogP contribution is -2.40. The van der Waals surface area contributed by atoms with Gasteiger partial charge in [-0.25, -0.2) is 9.59 Å². The monoisotopic (exact) mass is 1020 g/mol. The SMILES string of the molecule is CC(COC(=O)[C@@H](N)CCCN)OC(=O)[C@@H](N)Cc1ccccc1.CSCC[C@H](N)C(=O)OC(=O)[C@@H](N)CCSC.NCCC[C@H](N)C(=O)O.N[C@@H](CO)C(=O)O.N[C@@H](Cc1ccccc1)C(=O)O. The van der Waals surface area contributed by atoms with Gasteiger partial charge in [-0.05, 0) is 107 Å². The third-order valence-electron chi connectivity index (χ3n) is 8.64. The van der Waals surface area contributed by atoms with Crippen LogP contribution in [-0.4, -0.2) is 161 Å². The van der Waals surface area contributed by atoms with Crippen LogP contribution in [-0.2, 0) is 60.6 Å². The first-order valence-electron chi connectivity index (χ1n) is 21.7. The number of thioether (sulfide) groups is 2. The zero-order chi connectivity index (χ0) is 53.3. The Morgan fingerprint density at radius 1 is 0.522 bits per heavy atom. The molecule has 0 spiro atoms. The molecule has 0 aliphatic carbocycles. The minimum Gasteiger partial charge on any atom is -0.480 e. The van der Waals surface area contributed by atoms with Crippen molar-refractivity contribution < 1.29 is 68.2 Å². The van der Waals surface area contributed by atoms with Crippen LogP contribution in [0.25, 0.3) is 0 Å². The second kappa shape index (κ2) is 43.3. The van der Waals surface area contributed by atoms with Crippen LogP contribution in [0.5, 0.6) is 0 Å². The average Bonchev–Trinajstić information content (AvgIpc) is 3.33. The molecule has 0 aliphatic rings. The predicted octanol–water partition coefficient (Wildman–Crippen LogP) is -1.52. The molecule has 0 saturated heterocycles. The van der Waals surface area contributed by atoms with E-state index >= 15 is 0 Å². The Morgan fingerprint density at radius 3 is 1.25 bits per heavy atom. The smallest absolute Gasteiger partial charge is 0.330 e. The molecule has 8 atom stereocenters. The number of carbonyl (C=O) groups is 7. The van der Waals surface area contributed by atoms with Crippen molar-refractivity contribution in [3.05, 3.63) is 71.8 Å². The van der Waals surface area contributed by atoms with E-state index in [1.54, 1.807) is 30.4 Å². The molecule has 0 fully saturated rings. The fourth-order valence-corrected chi connectivity index (χ4v) is 5.48. The van der Waals surface area contributed by atoms with Crippen molar-refractivity contribution >= 4 is 65.3 Å². The van der Waals surface area contributed by atoms with E-state index in [9.17, 15) is 33.6 Å². The van der Waals surface area contributed by atoms with Crippen LogP contribution in [0.4, 0.5) is 0 Å². The second-order valence-electron chi connectivity index (χ2n) is 14.9. The lowest BCUT2D eigenvalue weighted by molar-refractivity contribution is -0.161. The van der Waals surface area contributed by atoms with Crippen molar-refractivity contribution in [2.75, 3.05) is 50.3 Å². The maximum absolute atomic E-state index is 12.0. The van der Waals surface area contributed by atoms with Crippen LogP contribution >= 0.6 is 23.5 Å². The molecule has 23 nitrogen and oxygen atoms in total. The van der Waals surface area contributed by atoms with Crippen LogP contribution in [0.3, 0.4) is 0 Å². The molecule has 2 aromatic rings. The number of ether oxygens (including phenoxy) is 3. The molecule has 0 saturated carbocycles. The Morgan fingerprint density at radius 2 is 0.899 bits per heavy atom. The largest absolute Gasteiger partial charge is 0.480 e. The summed E-state index contributed by atoms with van der Waals surface area (Å²) in [4.78, 5) is 76.5. The third-order valence-corrected chi connectivity index (χ3v) is 9.93. The summed E-state index contributed by atoms with van der Waals surface area (Å²) < 4.78 is 14.9. The maximum atomic E-state index is 12.0. The summed E-state index contributed by atoms with van der Waals surface area (Å²) in [7, 11) is 0. The van der Waals surface area contributed by atoms with Crippen molar-refractivity contribution in [2.24, 2.45) is 51.6 Å². The number of aliphatic carboxylic acids is 3. The normalized spacial score (nSPS) is 13.8. The highest BCUT2D eigenvalue weighted by Crippen LogP contribution is 2.07. The molecule has 69 heavy (non-hydrogen) atoms. The highest BCUT2D eigenvalue weighted by Gasteiger charge is 2.23. The summed E-state index contributed by atoms with van der Waals surface area (Å²) in [6, 6.07) is 13.1. The number of hydrogen-bond donors (Lipinski definition) is 13. The Labute approximate surface area is 412 Å². The van der Waals surface area contributed by atoms with Crippen molar-refractivity contribution in [3.8, 4) is 0 Å². The van der Waals surface area contributed by atoms with Gasteiger partial charge in [-0.2, -0.15) is 23.5 Å². The standard InChI is InChI=1S/C17H27N3O4.C10H20N2O3S2.C9H11NO2.C5H12N2O2.C3H7NO3/c1-12(11-23-16(21)14(19)8-5-9-18)24-17(22)15(20)10-13-6-3-2-4-7-13;1-16-5-3-7(11)9(13)15-10(14)8(12)4-6-17-2;10-8(9(11)12)6-7-4-2-1-3-5-7;6-3-1-2-4(7)5(8)9;4-2(1-5)3(6)7/h2-4,6-7,12,14-15H,5,8-11,18-20H2,1H3;7-8H,3-6,11-12H2,1-2H3;1-5,8H,6,10H2,(H,11,12);4H,1-3,6-7H2,(H,8,9);2,5H,1,4H2,(H,6,7)/t12?,14-,15-;7-,8-;8-;4-;2-/m00000/s1. The topological polar surface area (TPSA) is 462 Å². The van der Waals surface area contributed by atoms with Gasteiger partial charge >= 0.3 is 41.8 Å². The Balaban J connectivity index is -0.000000846. The van der Waals surface area contributed by atoms with E-state index in [2.05, 4.69) is 4.74 Å². The van der Waals surface area contributed by atoms with E-state index in [1.165, 1.54) is 0 Å². The highest BCUT2D eigenvalue weighted by molar-refractivity contribution is 7.98. The first-order chi connectivity index (χ1) is 32.5. The molecule has 0 radical (unpaired) electrons. The van der Waals surface area contributed by atoms with Crippen LogP contribution in [0, 0.1) is 0 Å². The summed E-state index contributed by atoms with van der Waals surface area (Å²) in [5.41, 5.74) is 50.3. The van der Waals surface area contributed by atoms with E-state index in [1.807, 2.05) is 73.2 Å². The predicted molar refractivity (Wildman–Crippen MR) is 266 cm³/mol. The van der Waals surface area contributed by atoms with E-state index in [4.69, 9.17) is 81.5 Å². The number of nitrogens with two attached hydrogens (primary N) is 9. The summed E-state index contributed by atoms with van der Waals surface area (Å²) >= 11 is 3.17. The molecule has 0 aromatic heterocycles. The minimum absolute atomic E-state index is 0.0566. The summed E-state index contributed by atoms with van der Waals surface area (Å²) in [5, 5.41) is 32.7. The zero-order valence-electron chi connectivity index (χ0n) is 39.7. The van der Waals surface area contributed by atoms with Gasteiger partial charge in [0.15, 0.2) is 0 Å². The molecule has 0 aliphatic heterocycles. The summed E-state index contributed by atoms with van der Waals surface area (Å²) in [6.07, 6.45) is 7.25. The van der Waals surface area contributed by atoms with Crippen LogP contribution in [0.1, 0.15) is 56.6 Å². The number of esters is 4. The van der Waals surface area contributed by atoms with Gasteiger partial charge in [0.25, 0.3) is 0 Å².